The van der Waals surface area contributed by atoms with Crippen LogP contribution < -0.4 is 9.46 Å². The van der Waals surface area contributed by atoms with Crippen molar-refractivity contribution < 1.29 is 13.2 Å². The molecule has 2 rings (SSSR count). The van der Waals surface area contributed by atoms with E-state index in [9.17, 15) is 8.42 Å². The third-order valence-corrected chi connectivity index (χ3v) is 4.39. The lowest BCUT2D eigenvalue weighted by molar-refractivity contribution is 0.317. The number of benzene rings is 2. The molecule has 2 aromatic carbocycles. The molecule has 0 spiro atoms. The number of nitrogens with one attached hydrogen (secondary N) is 1. The Labute approximate surface area is 132 Å². The van der Waals surface area contributed by atoms with Gasteiger partial charge in [0.2, 0.25) is 10.0 Å². The van der Waals surface area contributed by atoms with Gasteiger partial charge in [0.15, 0.2) is 0 Å². The van der Waals surface area contributed by atoms with Crippen LogP contribution in [-0.4, -0.2) is 15.0 Å². The Morgan fingerprint density at radius 1 is 0.955 bits per heavy atom. The van der Waals surface area contributed by atoms with E-state index in [1.165, 1.54) is 0 Å². The van der Waals surface area contributed by atoms with E-state index in [0.717, 1.165) is 23.3 Å². The maximum atomic E-state index is 12.0. The first-order valence-corrected chi connectivity index (χ1v) is 8.97. The van der Waals surface area contributed by atoms with Crippen LogP contribution in [0.1, 0.15) is 24.5 Å². The minimum atomic E-state index is -3.34. The molecule has 0 bridgehead atoms. The van der Waals surface area contributed by atoms with Crippen molar-refractivity contribution in [2.75, 3.05) is 6.61 Å². The van der Waals surface area contributed by atoms with Gasteiger partial charge >= 0.3 is 0 Å². The Morgan fingerprint density at radius 3 is 2.27 bits per heavy atom. The van der Waals surface area contributed by atoms with Crippen molar-refractivity contribution in [1.82, 2.24) is 4.72 Å². The molecule has 1 N–H and O–H groups in total. The molecule has 0 aliphatic rings. The van der Waals surface area contributed by atoms with Crippen molar-refractivity contribution in [1.29, 1.82) is 0 Å². The molecule has 118 valence electrons. The fourth-order valence-corrected chi connectivity index (χ4v) is 3.08. The summed E-state index contributed by atoms with van der Waals surface area (Å²) in [7, 11) is -3.34. The molecule has 0 atom stereocenters. The molecule has 0 saturated carbocycles. The molecule has 0 heterocycles. The number of ether oxygens (including phenoxy) is 1. The van der Waals surface area contributed by atoms with E-state index in [2.05, 4.69) is 11.6 Å². The van der Waals surface area contributed by atoms with E-state index < -0.39 is 10.0 Å². The maximum Gasteiger partial charge on any atom is 0.216 e. The van der Waals surface area contributed by atoms with E-state index in [-0.39, 0.29) is 12.3 Å². The minimum Gasteiger partial charge on any atom is -0.494 e. The number of rotatable bonds is 8. The van der Waals surface area contributed by atoms with Gasteiger partial charge in [-0.25, -0.2) is 13.1 Å². The zero-order chi connectivity index (χ0) is 15.8. The highest BCUT2D eigenvalue weighted by atomic mass is 32.2. The average Bonchev–Trinajstić information content (AvgIpc) is 2.52. The molecule has 5 heteroatoms. The molecule has 0 aliphatic heterocycles. The van der Waals surface area contributed by atoms with Crippen molar-refractivity contribution in [2.45, 2.75) is 25.6 Å². The van der Waals surface area contributed by atoms with Gasteiger partial charge in [-0.1, -0.05) is 49.4 Å². The number of hydrogen-bond donors (Lipinski definition) is 1. The molecular weight excluding hydrogens is 298 g/mol. The smallest absolute Gasteiger partial charge is 0.216 e. The zero-order valence-corrected chi connectivity index (χ0v) is 13.5. The van der Waals surface area contributed by atoms with Gasteiger partial charge in [0.05, 0.1) is 12.4 Å². The van der Waals surface area contributed by atoms with E-state index in [0.29, 0.717) is 6.61 Å². The summed E-state index contributed by atoms with van der Waals surface area (Å²) in [6.07, 6.45) is 0.959. The van der Waals surface area contributed by atoms with Gasteiger partial charge in [0.1, 0.15) is 5.75 Å². The summed E-state index contributed by atoms with van der Waals surface area (Å²) >= 11 is 0. The molecule has 0 saturated heterocycles. The second kappa shape index (κ2) is 7.96. The predicted molar refractivity (Wildman–Crippen MR) is 88.1 cm³/mol. The van der Waals surface area contributed by atoms with Crippen LogP contribution in [0.2, 0.25) is 0 Å². The Morgan fingerprint density at radius 2 is 1.64 bits per heavy atom. The summed E-state index contributed by atoms with van der Waals surface area (Å²) in [6, 6.07) is 16.6. The summed E-state index contributed by atoms with van der Waals surface area (Å²) in [5, 5.41) is 0. The second-order valence-electron chi connectivity index (χ2n) is 5.06. The third-order valence-electron chi connectivity index (χ3n) is 3.09. The predicted octanol–water partition coefficient (Wildman–Crippen LogP) is 3.10. The molecule has 4 nitrogen and oxygen atoms in total. The Kier molecular flexibility index (Phi) is 5.98. The molecule has 0 radical (unpaired) electrons. The highest BCUT2D eigenvalue weighted by Crippen LogP contribution is 2.13. The first kappa shape index (κ1) is 16.5. The quantitative estimate of drug-likeness (QED) is 0.813. The highest BCUT2D eigenvalue weighted by molar-refractivity contribution is 7.88. The van der Waals surface area contributed by atoms with Crippen LogP contribution in [0.25, 0.3) is 0 Å². The Balaban J connectivity index is 1.88. The zero-order valence-electron chi connectivity index (χ0n) is 12.7. The summed E-state index contributed by atoms with van der Waals surface area (Å²) < 4.78 is 32.2. The van der Waals surface area contributed by atoms with Crippen molar-refractivity contribution in [3.63, 3.8) is 0 Å². The Bertz CT molecular complexity index is 667. The normalized spacial score (nSPS) is 11.3. The van der Waals surface area contributed by atoms with Crippen molar-refractivity contribution in [2.24, 2.45) is 0 Å². The highest BCUT2D eigenvalue weighted by Gasteiger charge is 2.10. The van der Waals surface area contributed by atoms with E-state index in [4.69, 9.17) is 4.74 Å². The molecule has 0 aromatic heterocycles. The SMILES string of the molecule is CCCOc1ccc(CNS(=O)(=O)Cc2ccccc2)cc1. The van der Waals surface area contributed by atoms with Gasteiger partial charge in [0.25, 0.3) is 0 Å². The number of sulfonamides is 1. The van der Waals surface area contributed by atoms with Crippen LogP contribution >= 0.6 is 0 Å². The molecule has 0 fully saturated rings. The van der Waals surface area contributed by atoms with Crippen LogP contribution in [-0.2, 0) is 22.3 Å². The minimum absolute atomic E-state index is 0.00840. The first-order valence-electron chi connectivity index (χ1n) is 7.32. The second-order valence-corrected chi connectivity index (χ2v) is 6.87. The van der Waals surface area contributed by atoms with Gasteiger partial charge in [-0.05, 0) is 29.7 Å². The monoisotopic (exact) mass is 319 g/mol. The average molecular weight is 319 g/mol. The third kappa shape index (κ3) is 5.50. The van der Waals surface area contributed by atoms with Crippen LogP contribution in [0.3, 0.4) is 0 Å². The standard InChI is InChI=1S/C17H21NO3S/c1-2-12-21-17-10-8-15(9-11-17)13-18-22(19,20)14-16-6-4-3-5-7-16/h3-11,18H,2,12-14H2,1H3. The molecular formula is C17H21NO3S. The van der Waals surface area contributed by atoms with Gasteiger partial charge < -0.3 is 4.74 Å². The summed E-state index contributed by atoms with van der Waals surface area (Å²) in [5.41, 5.74) is 1.68. The van der Waals surface area contributed by atoms with Crippen molar-refractivity contribution >= 4 is 10.0 Å². The van der Waals surface area contributed by atoms with E-state index >= 15 is 0 Å². The van der Waals surface area contributed by atoms with E-state index in [1.807, 2.05) is 42.5 Å². The summed E-state index contributed by atoms with van der Waals surface area (Å²) in [6.45, 7) is 3.02. The summed E-state index contributed by atoms with van der Waals surface area (Å²) in [4.78, 5) is 0. The number of hydrogen-bond acceptors (Lipinski definition) is 3. The lowest BCUT2D eigenvalue weighted by Crippen LogP contribution is -2.24. The van der Waals surface area contributed by atoms with Crippen LogP contribution in [0.5, 0.6) is 5.75 Å². The van der Waals surface area contributed by atoms with Gasteiger partial charge in [-0.15, -0.1) is 0 Å². The lowest BCUT2D eigenvalue weighted by Gasteiger charge is -2.08. The molecule has 2 aromatic rings. The maximum absolute atomic E-state index is 12.0. The van der Waals surface area contributed by atoms with Crippen LogP contribution in [0.4, 0.5) is 0 Å². The Hall–Kier alpha value is -1.85. The molecule has 22 heavy (non-hydrogen) atoms. The van der Waals surface area contributed by atoms with Gasteiger partial charge in [-0.2, -0.15) is 0 Å². The molecule has 0 unspecified atom stereocenters. The van der Waals surface area contributed by atoms with Gasteiger partial charge in [-0.3, -0.25) is 0 Å². The fraction of sp³-hybridized carbons (Fsp3) is 0.294. The first-order chi connectivity index (χ1) is 10.6. The molecule has 0 aliphatic carbocycles. The van der Waals surface area contributed by atoms with Crippen LogP contribution in [0, 0.1) is 0 Å². The topological polar surface area (TPSA) is 55.4 Å². The van der Waals surface area contributed by atoms with Crippen LogP contribution in [0.15, 0.2) is 54.6 Å². The van der Waals surface area contributed by atoms with Gasteiger partial charge in [0, 0.05) is 6.54 Å². The molecule has 0 amide bonds. The lowest BCUT2D eigenvalue weighted by atomic mass is 10.2. The fourth-order valence-electron chi connectivity index (χ4n) is 1.96. The summed E-state index contributed by atoms with van der Waals surface area (Å²) in [5.74, 6) is 0.795. The largest absolute Gasteiger partial charge is 0.494 e. The van der Waals surface area contributed by atoms with Crippen molar-refractivity contribution in [3.05, 3.63) is 65.7 Å². The van der Waals surface area contributed by atoms with E-state index in [1.54, 1.807) is 12.1 Å². The van der Waals surface area contributed by atoms with Crippen molar-refractivity contribution in [3.8, 4) is 5.75 Å².